The number of halogens is 1. The Bertz CT molecular complexity index is 958. The van der Waals surface area contributed by atoms with Crippen molar-refractivity contribution in [1.82, 2.24) is 9.88 Å². The molecule has 5 rings (SSSR count). The molecule has 5 nitrogen and oxygen atoms in total. The molecule has 0 spiro atoms. The highest BCUT2D eigenvalue weighted by Gasteiger charge is 2.37. The van der Waals surface area contributed by atoms with Gasteiger partial charge in [-0.15, -0.1) is 0 Å². The van der Waals surface area contributed by atoms with Gasteiger partial charge in [-0.3, -0.25) is 4.79 Å². The number of fused-ring (bicyclic) bond motifs is 1. The molecule has 2 aromatic carbocycles. The maximum Gasteiger partial charge on any atom is 0.229 e. The number of aromatic nitrogens is 1. The van der Waals surface area contributed by atoms with E-state index in [-0.39, 0.29) is 17.6 Å². The van der Waals surface area contributed by atoms with Crippen molar-refractivity contribution in [2.75, 3.05) is 49.1 Å². The molecule has 0 radical (unpaired) electrons. The quantitative estimate of drug-likeness (QED) is 0.682. The third kappa shape index (κ3) is 3.20. The van der Waals surface area contributed by atoms with E-state index < -0.39 is 0 Å². The summed E-state index contributed by atoms with van der Waals surface area (Å²) >= 11 is 1.69. The van der Waals surface area contributed by atoms with Crippen LogP contribution in [0.1, 0.15) is 0 Å². The van der Waals surface area contributed by atoms with Crippen LogP contribution in [0.5, 0.6) is 0 Å². The van der Waals surface area contributed by atoms with Crippen LogP contribution in [0.15, 0.2) is 48.5 Å². The molecule has 3 heterocycles. The molecule has 2 aliphatic heterocycles. The van der Waals surface area contributed by atoms with Gasteiger partial charge < -0.3 is 14.7 Å². The summed E-state index contributed by atoms with van der Waals surface area (Å²) in [4.78, 5) is 23.9. The molecule has 144 valence electrons. The summed E-state index contributed by atoms with van der Waals surface area (Å²) in [5.41, 5.74) is 2.04. The second kappa shape index (κ2) is 7.05. The van der Waals surface area contributed by atoms with Gasteiger partial charge in [0, 0.05) is 45.0 Å². The molecule has 0 saturated carbocycles. The molecular weight excluding hydrogens is 375 g/mol. The third-order valence-electron chi connectivity index (χ3n) is 5.57. The monoisotopic (exact) mass is 396 g/mol. The minimum atomic E-state index is -0.222. The number of hydrogen-bond acceptors (Lipinski definition) is 5. The zero-order chi connectivity index (χ0) is 19.1. The number of thiazole rings is 1. The normalized spacial score (nSPS) is 17.8. The molecular formula is C21H21FN4OS. The van der Waals surface area contributed by atoms with Crippen LogP contribution in [0.2, 0.25) is 0 Å². The van der Waals surface area contributed by atoms with Crippen molar-refractivity contribution in [3.8, 4) is 0 Å². The first-order chi connectivity index (χ1) is 13.7. The van der Waals surface area contributed by atoms with Gasteiger partial charge in [0.1, 0.15) is 5.82 Å². The number of rotatable bonds is 3. The van der Waals surface area contributed by atoms with E-state index in [1.807, 2.05) is 23.1 Å². The molecule has 0 N–H and O–H groups in total. The summed E-state index contributed by atoms with van der Waals surface area (Å²) in [6.45, 7) is 4.49. The van der Waals surface area contributed by atoms with E-state index in [1.165, 1.54) is 16.8 Å². The third-order valence-corrected chi connectivity index (χ3v) is 6.66. The number of nitrogens with zero attached hydrogens (tertiary/aromatic N) is 4. The average Bonchev–Trinajstić information content (AvgIpc) is 3.11. The second-order valence-electron chi connectivity index (χ2n) is 7.35. The van der Waals surface area contributed by atoms with Crippen LogP contribution >= 0.6 is 11.3 Å². The highest BCUT2D eigenvalue weighted by atomic mass is 32.1. The fourth-order valence-corrected chi connectivity index (χ4v) is 4.87. The van der Waals surface area contributed by atoms with Crippen molar-refractivity contribution >= 4 is 38.3 Å². The van der Waals surface area contributed by atoms with Crippen molar-refractivity contribution in [1.29, 1.82) is 0 Å². The molecule has 0 aliphatic carbocycles. The average molecular weight is 396 g/mol. The smallest absolute Gasteiger partial charge is 0.229 e. The lowest BCUT2D eigenvalue weighted by Crippen LogP contribution is -2.58. The van der Waals surface area contributed by atoms with Crippen LogP contribution < -0.4 is 9.80 Å². The van der Waals surface area contributed by atoms with Gasteiger partial charge >= 0.3 is 0 Å². The maximum atomic E-state index is 13.1. The van der Waals surface area contributed by atoms with Crippen molar-refractivity contribution < 1.29 is 9.18 Å². The van der Waals surface area contributed by atoms with Gasteiger partial charge in [0.2, 0.25) is 5.91 Å². The van der Waals surface area contributed by atoms with Crippen LogP contribution in [-0.2, 0) is 4.79 Å². The van der Waals surface area contributed by atoms with Crippen molar-refractivity contribution in [2.45, 2.75) is 0 Å². The Morgan fingerprint density at radius 2 is 1.68 bits per heavy atom. The highest BCUT2D eigenvalue weighted by molar-refractivity contribution is 7.22. The molecule has 2 fully saturated rings. The first-order valence-electron chi connectivity index (χ1n) is 9.57. The topological polar surface area (TPSA) is 39.7 Å². The van der Waals surface area contributed by atoms with Crippen molar-refractivity contribution in [3.63, 3.8) is 0 Å². The second-order valence-corrected chi connectivity index (χ2v) is 8.36. The summed E-state index contributed by atoms with van der Waals surface area (Å²) in [5.74, 6) is 0.0840. The molecule has 0 bridgehead atoms. The lowest BCUT2D eigenvalue weighted by molar-refractivity contribution is -0.136. The Morgan fingerprint density at radius 3 is 2.39 bits per heavy atom. The highest BCUT2D eigenvalue weighted by Crippen LogP contribution is 2.33. The summed E-state index contributed by atoms with van der Waals surface area (Å²) in [6.07, 6.45) is 0. The first kappa shape index (κ1) is 17.4. The van der Waals surface area contributed by atoms with Gasteiger partial charge in [0.05, 0.1) is 16.1 Å². The number of piperazine rings is 1. The minimum Gasteiger partial charge on any atom is -0.368 e. The predicted molar refractivity (Wildman–Crippen MR) is 111 cm³/mol. The number of carbonyl (C=O) groups is 1. The van der Waals surface area contributed by atoms with Crippen molar-refractivity contribution in [2.24, 2.45) is 5.92 Å². The summed E-state index contributed by atoms with van der Waals surface area (Å²) in [6, 6.07) is 14.7. The number of para-hydroxylation sites is 1. The zero-order valence-electron chi connectivity index (χ0n) is 15.4. The SMILES string of the molecule is O=C(C1CN(c2nc3ccccc3s2)C1)N1CCN(c2ccc(F)cc2)CC1. The van der Waals surface area contributed by atoms with Gasteiger partial charge in [-0.1, -0.05) is 23.5 Å². The molecule has 7 heteroatoms. The molecule has 0 atom stereocenters. The number of amides is 1. The molecule has 2 saturated heterocycles. The van der Waals surface area contributed by atoms with Gasteiger partial charge in [0.25, 0.3) is 0 Å². The van der Waals surface area contributed by atoms with E-state index in [9.17, 15) is 9.18 Å². The van der Waals surface area contributed by atoms with Crippen LogP contribution in [0, 0.1) is 11.7 Å². The molecule has 1 aromatic heterocycles. The minimum absolute atomic E-state index is 0.0596. The molecule has 2 aliphatic rings. The van der Waals surface area contributed by atoms with Crippen LogP contribution in [0.4, 0.5) is 15.2 Å². The van der Waals surface area contributed by atoms with Crippen LogP contribution in [0.25, 0.3) is 10.2 Å². The van der Waals surface area contributed by atoms with Crippen LogP contribution in [-0.4, -0.2) is 55.1 Å². The van der Waals surface area contributed by atoms with Crippen molar-refractivity contribution in [3.05, 3.63) is 54.3 Å². The Hall–Kier alpha value is -2.67. The fourth-order valence-electron chi connectivity index (χ4n) is 3.88. The van der Waals surface area contributed by atoms with Gasteiger partial charge in [0.15, 0.2) is 5.13 Å². The van der Waals surface area contributed by atoms with E-state index in [0.717, 1.165) is 42.5 Å². The molecule has 3 aromatic rings. The number of anilines is 2. The summed E-state index contributed by atoms with van der Waals surface area (Å²) < 4.78 is 14.3. The van der Waals surface area contributed by atoms with E-state index in [0.29, 0.717) is 13.1 Å². The van der Waals surface area contributed by atoms with E-state index >= 15 is 0 Å². The first-order valence-corrected chi connectivity index (χ1v) is 10.4. The molecule has 28 heavy (non-hydrogen) atoms. The van der Waals surface area contributed by atoms with E-state index in [1.54, 1.807) is 23.5 Å². The van der Waals surface area contributed by atoms with Crippen LogP contribution in [0.3, 0.4) is 0 Å². The van der Waals surface area contributed by atoms with Gasteiger partial charge in [-0.25, -0.2) is 9.37 Å². The molecule has 1 amide bonds. The predicted octanol–water partition coefficient (Wildman–Crippen LogP) is 3.22. The Labute approximate surface area is 167 Å². The lowest BCUT2D eigenvalue weighted by atomic mass is 9.99. The Morgan fingerprint density at radius 1 is 0.964 bits per heavy atom. The van der Waals surface area contributed by atoms with E-state index in [2.05, 4.69) is 20.9 Å². The maximum absolute atomic E-state index is 13.1. The zero-order valence-corrected chi connectivity index (χ0v) is 16.2. The summed E-state index contributed by atoms with van der Waals surface area (Å²) in [7, 11) is 0. The number of benzene rings is 2. The Balaban J connectivity index is 1.15. The number of hydrogen-bond donors (Lipinski definition) is 0. The lowest BCUT2D eigenvalue weighted by Gasteiger charge is -2.43. The fraction of sp³-hybridized carbons (Fsp3) is 0.333. The van der Waals surface area contributed by atoms with Gasteiger partial charge in [-0.05, 0) is 36.4 Å². The number of carbonyl (C=O) groups excluding carboxylic acids is 1. The standard InChI is InChI=1S/C21H21FN4OS/c22-16-5-7-17(8-6-16)24-9-11-25(12-10-24)20(27)15-13-26(14-15)21-23-18-3-1-2-4-19(18)28-21/h1-8,15H,9-14H2. The Kier molecular flexibility index (Phi) is 4.39. The van der Waals surface area contributed by atoms with E-state index in [4.69, 9.17) is 0 Å². The molecule has 0 unspecified atom stereocenters. The van der Waals surface area contributed by atoms with Gasteiger partial charge in [-0.2, -0.15) is 0 Å². The largest absolute Gasteiger partial charge is 0.368 e. The summed E-state index contributed by atoms with van der Waals surface area (Å²) in [5, 5.41) is 1.01.